The van der Waals surface area contributed by atoms with Gasteiger partial charge in [-0.15, -0.1) is 0 Å². The lowest BCUT2D eigenvalue weighted by atomic mass is 10.1. The van der Waals surface area contributed by atoms with Crippen LogP contribution in [0.4, 0.5) is 5.69 Å². The SMILES string of the molecule is CC.CCCCn1nc(C(=O)Nc2ccccc2)c2ccccc2c1=O. The van der Waals surface area contributed by atoms with Crippen LogP contribution >= 0.6 is 0 Å². The van der Waals surface area contributed by atoms with E-state index in [1.54, 1.807) is 24.3 Å². The van der Waals surface area contributed by atoms with Crippen LogP contribution < -0.4 is 10.9 Å². The summed E-state index contributed by atoms with van der Waals surface area (Å²) in [6.07, 6.45) is 1.79. The number of hydrogen-bond donors (Lipinski definition) is 1. The molecule has 26 heavy (non-hydrogen) atoms. The van der Waals surface area contributed by atoms with E-state index in [4.69, 9.17) is 0 Å². The molecule has 0 unspecified atom stereocenters. The smallest absolute Gasteiger partial charge is 0.276 e. The van der Waals surface area contributed by atoms with Crippen LogP contribution in [-0.4, -0.2) is 15.7 Å². The second-order valence-corrected chi connectivity index (χ2v) is 5.60. The maximum Gasteiger partial charge on any atom is 0.276 e. The highest BCUT2D eigenvalue weighted by molar-refractivity contribution is 6.11. The Morgan fingerprint density at radius 2 is 1.62 bits per heavy atom. The van der Waals surface area contributed by atoms with Gasteiger partial charge in [-0.1, -0.05) is 63.6 Å². The summed E-state index contributed by atoms with van der Waals surface area (Å²) in [6.45, 7) is 6.56. The van der Waals surface area contributed by atoms with Gasteiger partial charge in [0.15, 0.2) is 5.69 Å². The zero-order valence-electron chi connectivity index (χ0n) is 15.5. The Labute approximate surface area is 153 Å². The minimum absolute atomic E-state index is 0.157. The first-order valence-corrected chi connectivity index (χ1v) is 9.07. The summed E-state index contributed by atoms with van der Waals surface area (Å²) in [5, 5.41) is 8.25. The number of nitrogens with one attached hydrogen (secondary N) is 1. The molecular weight excluding hydrogens is 326 g/mol. The third-order valence-corrected chi connectivity index (χ3v) is 3.84. The number of nitrogens with zero attached hydrogens (tertiary/aromatic N) is 2. The summed E-state index contributed by atoms with van der Waals surface area (Å²) in [5.74, 6) is -0.317. The van der Waals surface area contributed by atoms with Crippen LogP contribution in [0.5, 0.6) is 0 Å². The molecule has 2 aromatic carbocycles. The molecule has 5 nitrogen and oxygen atoms in total. The summed E-state index contributed by atoms with van der Waals surface area (Å²) in [4.78, 5) is 25.2. The number of hydrogen-bond acceptors (Lipinski definition) is 3. The van der Waals surface area contributed by atoms with Crippen molar-refractivity contribution in [2.45, 2.75) is 40.2 Å². The molecule has 0 spiro atoms. The molecule has 0 saturated heterocycles. The molecular formula is C21H25N3O2. The number of carbonyl (C=O) groups excluding carboxylic acids is 1. The normalized spacial score (nSPS) is 10.1. The van der Waals surface area contributed by atoms with E-state index in [2.05, 4.69) is 17.3 Å². The van der Waals surface area contributed by atoms with Gasteiger partial charge in [-0.25, -0.2) is 4.68 Å². The van der Waals surface area contributed by atoms with Crippen molar-refractivity contribution in [3.05, 3.63) is 70.6 Å². The minimum Gasteiger partial charge on any atom is -0.321 e. The molecule has 0 aliphatic carbocycles. The summed E-state index contributed by atoms with van der Waals surface area (Å²) < 4.78 is 1.39. The minimum atomic E-state index is -0.317. The number of anilines is 1. The van der Waals surface area contributed by atoms with Crippen LogP contribution in [0.25, 0.3) is 10.8 Å². The fourth-order valence-corrected chi connectivity index (χ4v) is 2.57. The van der Waals surface area contributed by atoms with Crippen LogP contribution in [0.1, 0.15) is 44.1 Å². The van der Waals surface area contributed by atoms with Gasteiger partial charge in [-0.3, -0.25) is 9.59 Å². The largest absolute Gasteiger partial charge is 0.321 e. The average molecular weight is 351 g/mol. The van der Waals surface area contributed by atoms with E-state index in [1.165, 1.54) is 4.68 Å². The van der Waals surface area contributed by atoms with Gasteiger partial charge in [0.05, 0.1) is 5.39 Å². The lowest BCUT2D eigenvalue weighted by molar-refractivity contribution is 0.102. The Balaban J connectivity index is 0.00000117. The zero-order chi connectivity index (χ0) is 18.9. The Hall–Kier alpha value is -2.95. The van der Waals surface area contributed by atoms with Crippen molar-refractivity contribution in [3.8, 4) is 0 Å². The summed E-state index contributed by atoms with van der Waals surface area (Å²) in [5.41, 5.74) is 0.806. The first kappa shape index (κ1) is 19.4. The molecule has 5 heteroatoms. The second-order valence-electron chi connectivity index (χ2n) is 5.60. The number of aryl methyl sites for hydroxylation is 1. The molecule has 0 saturated carbocycles. The Bertz CT molecular complexity index is 917. The van der Waals surface area contributed by atoms with Crippen LogP contribution in [0, 0.1) is 0 Å². The lowest BCUT2D eigenvalue weighted by Crippen LogP contribution is -2.27. The van der Waals surface area contributed by atoms with Crippen molar-refractivity contribution < 1.29 is 4.79 Å². The van der Waals surface area contributed by atoms with Gasteiger partial charge in [0.2, 0.25) is 0 Å². The Morgan fingerprint density at radius 3 is 2.27 bits per heavy atom. The lowest BCUT2D eigenvalue weighted by Gasteiger charge is -2.11. The number of aromatic nitrogens is 2. The van der Waals surface area contributed by atoms with E-state index in [1.807, 2.05) is 44.2 Å². The van der Waals surface area contributed by atoms with Crippen molar-refractivity contribution in [3.63, 3.8) is 0 Å². The van der Waals surface area contributed by atoms with Crippen molar-refractivity contribution >= 4 is 22.4 Å². The molecule has 1 amide bonds. The zero-order valence-corrected chi connectivity index (χ0v) is 15.5. The number of fused-ring (bicyclic) bond motifs is 1. The second kappa shape index (κ2) is 9.51. The number of rotatable bonds is 5. The van der Waals surface area contributed by atoms with Crippen molar-refractivity contribution in [1.82, 2.24) is 9.78 Å². The van der Waals surface area contributed by atoms with E-state index < -0.39 is 0 Å². The molecule has 0 atom stereocenters. The number of para-hydroxylation sites is 1. The van der Waals surface area contributed by atoms with Gasteiger partial charge in [-0.05, 0) is 24.6 Å². The topological polar surface area (TPSA) is 64.0 Å². The maximum absolute atomic E-state index is 12.7. The molecule has 0 bridgehead atoms. The number of amides is 1. The number of carbonyl (C=O) groups is 1. The van der Waals surface area contributed by atoms with Gasteiger partial charge in [0, 0.05) is 17.6 Å². The van der Waals surface area contributed by atoms with Crippen LogP contribution in [-0.2, 0) is 6.54 Å². The predicted octanol–water partition coefficient (Wildman–Crippen LogP) is 4.48. The predicted molar refractivity (Wildman–Crippen MR) is 107 cm³/mol. The maximum atomic E-state index is 12.7. The van der Waals surface area contributed by atoms with Crippen molar-refractivity contribution in [2.24, 2.45) is 0 Å². The summed E-state index contributed by atoms with van der Waals surface area (Å²) in [6, 6.07) is 16.3. The van der Waals surface area contributed by atoms with Crippen LogP contribution in [0.15, 0.2) is 59.4 Å². The standard InChI is InChI=1S/C19H19N3O2.C2H6/c1-2-3-13-22-19(24)16-12-8-7-11-15(16)17(21-22)18(23)20-14-9-5-4-6-10-14;1-2/h4-12H,2-3,13H2,1H3,(H,20,23);1-2H3. The van der Waals surface area contributed by atoms with Gasteiger partial charge in [0.25, 0.3) is 11.5 Å². The molecule has 1 aromatic heterocycles. The summed E-state index contributed by atoms with van der Waals surface area (Å²) in [7, 11) is 0. The van der Waals surface area contributed by atoms with Crippen molar-refractivity contribution in [1.29, 1.82) is 0 Å². The van der Waals surface area contributed by atoms with Gasteiger partial charge in [-0.2, -0.15) is 5.10 Å². The molecule has 1 N–H and O–H groups in total. The van der Waals surface area contributed by atoms with Gasteiger partial charge >= 0.3 is 0 Å². The molecule has 3 aromatic rings. The van der Waals surface area contributed by atoms with Gasteiger partial charge in [0.1, 0.15) is 0 Å². The number of unbranched alkanes of at least 4 members (excludes halogenated alkanes) is 1. The molecule has 0 aliphatic rings. The van der Waals surface area contributed by atoms with Crippen LogP contribution in [0.3, 0.4) is 0 Å². The highest BCUT2D eigenvalue weighted by Crippen LogP contribution is 2.15. The highest BCUT2D eigenvalue weighted by Gasteiger charge is 2.16. The summed E-state index contributed by atoms with van der Waals surface area (Å²) >= 11 is 0. The Kier molecular flexibility index (Phi) is 7.09. The molecule has 3 rings (SSSR count). The van der Waals surface area contributed by atoms with E-state index in [0.717, 1.165) is 12.8 Å². The fourth-order valence-electron chi connectivity index (χ4n) is 2.57. The molecule has 0 radical (unpaired) electrons. The highest BCUT2D eigenvalue weighted by atomic mass is 16.2. The van der Waals surface area contributed by atoms with Crippen LogP contribution in [0.2, 0.25) is 0 Å². The fraction of sp³-hybridized carbons (Fsp3) is 0.286. The molecule has 136 valence electrons. The van der Waals surface area contributed by atoms with Crippen molar-refractivity contribution in [2.75, 3.05) is 5.32 Å². The van der Waals surface area contributed by atoms with E-state index in [0.29, 0.717) is 23.0 Å². The van der Waals surface area contributed by atoms with E-state index in [-0.39, 0.29) is 17.2 Å². The van der Waals surface area contributed by atoms with Gasteiger partial charge < -0.3 is 5.32 Å². The average Bonchev–Trinajstić information content (AvgIpc) is 2.70. The quantitative estimate of drug-likeness (QED) is 0.737. The molecule has 0 aliphatic heterocycles. The third-order valence-electron chi connectivity index (χ3n) is 3.84. The number of benzene rings is 2. The monoisotopic (exact) mass is 351 g/mol. The first-order valence-electron chi connectivity index (χ1n) is 9.07. The molecule has 0 fully saturated rings. The van der Waals surface area contributed by atoms with E-state index >= 15 is 0 Å². The molecule has 1 heterocycles. The van der Waals surface area contributed by atoms with E-state index in [9.17, 15) is 9.59 Å². The first-order chi connectivity index (χ1) is 12.7. The Morgan fingerprint density at radius 1 is 1.00 bits per heavy atom. The third kappa shape index (κ3) is 4.36.